The third-order valence-electron chi connectivity index (χ3n) is 0.958. The third-order valence-corrected chi connectivity index (χ3v) is 1.77. The van der Waals surface area contributed by atoms with Gasteiger partial charge in [0.1, 0.15) is 9.21 Å². The standard InChI is InChI=1S/C5H2Br2N2O2.H3N.H2O/c6-4-1-3(9(10)11)2-5(7)8-4;;/h1-2H;1H3;1H2. The molecule has 6 nitrogen and oxygen atoms in total. The Kier molecular flexibility index (Phi) is 6.86. The predicted octanol–water partition coefficient (Wildman–Crippen LogP) is 1.85. The summed E-state index contributed by atoms with van der Waals surface area (Å²) < 4.78 is 0.886. The van der Waals surface area contributed by atoms with E-state index < -0.39 is 4.92 Å². The van der Waals surface area contributed by atoms with Crippen LogP contribution in [-0.4, -0.2) is 15.4 Å². The van der Waals surface area contributed by atoms with Gasteiger partial charge in [0.05, 0.1) is 4.92 Å². The van der Waals surface area contributed by atoms with Crippen LogP contribution in [-0.2, 0) is 0 Å². The predicted molar refractivity (Wildman–Crippen MR) is 54.9 cm³/mol. The fourth-order valence-electron chi connectivity index (χ4n) is 0.558. The lowest BCUT2D eigenvalue weighted by molar-refractivity contribution is -0.385. The smallest absolute Gasteiger partial charge is 0.274 e. The number of rotatable bonds is 1. The fraction of sp³-hybridized carbons (Fsp3) is 0. The number of pyridine rings is 1. The molecule has 0 saturated heterocycles. The molecule has 0 aliphatic carbocycles. The number of aromatic nitrogens is 1. The maximum Gasteiger partial charge on any atom is 0.274 e. The lowest BCUT2D eigenvalue weighted by Crippen LogP contribution is -1.89. The van der Waals surface area contributed by atoms with Gasteiger partial charge in [-0.2, -0.15) is 0 Å². The highest BCUT2D eigenvalue weighted by molar-refractivity contribution is 9.11. The molecule has 0 saturated carbocycles. The number of hydrogen-bond donors (Lipinski definition) is 1. The van der Waals surface area contributed by atoms with Crippen LogP contribution in [0.3, 0.4) is 0 Å². The Labute approximate surface area is 90.7 Å². The Bertz CT molecular complexity index is 287. The van der Waals surface area contributed by atoms with Gasteiger partial charge in [-0.15, -0.1) is 0 Å². The molecule has 8 heteroatoms. The van der Waals surface area contributed by atoms with Gasteiger partial charge in [0, 0.05) is 12.1 Å². The minimum Gasteiger partial charge on any atom is -0.412 e. The summed E-state index contributed by atoms with van der Waals surface area (Å²) in [6.07, 6.45) is 0. The highest BCUT2D eigenvalue weighted by atomic mass is 79.9. The first kappa shape index (κ1) is 14.9. The first-order chi connectivity index (χ1) is 5.09. The largest absolute Gasteiger partial charge is 0.412 e. The van der Waals surface area contributed by atoms with E-state index in [1.807, 2.05) is 0 Å². The van der Waals surface area contributed by atoms with Crippen LogP contribution in [0.25, 0.3) is 0 Å². The minimum absolute atomic E-state index is 0. The van der Waals surface area contributed by atoms with E-state index in [0.29, 0.717) is 9.21 Å². The van der Waals surface area contributed by atoms with Crippen molar-refractivity contribution < 1.29 is 10.4 Å². The third kappa shape index (κ3) is 4.27. The van der Waals surface area contributed by atoms with Crippen molar-refractivity contribution in [2.24, 2.45) is 0 Å². The van der Waals surface area contributed by atoms with Crippen molar-refractivity contribution >= 4 is 37.5 Å². The van der Waals surface area contributed by atoms with E-state index in [1.165, 1.54) is 12.1 Å². The molecular formula is C5H7Br2N3O3. The molecule has 0 atom stereocenters. The number of nitro groups is 1. The van der Waals surface area contributed by atoms with Crippen molar-refractivity contribution in [1.29, 1.82) is 0 Å². The molecule has 1 aromatic rings. The Morgan fingerprint density at radius 1 is 1.31 bits per heavy atom. The molecule has 0 spiro atoms. The van der Waals surface area contributed by atoms with E-state index in [2.05, 4.69) is 36.8 Å². The van der Waals surface area contributed by atoms with Crippen LogP contribution in [0.15, 0.2) is 21.3 Å². The molecule has 1 rings (SSSR count). The molecule has 0 fully saturated rings. The van der Waals surface area contributed by atoms with Gasteiger partial charge >= 0.3 is 0 Å². The maximum atomic E-state index is 10.2. The number of hydrogen-bond acceptors (Lipinski definition) is 4. The van der Waals surface area contributed by atoms with Crippen molar-refractivity contribution in [1.82, 2.24) is 11.1 Å². The van der Waals surface area contributed by atoms with Gasteiger partial charge in [0.15, 0.2) is 0 Å². The van der Waals surface area contributed by atoms with Gasteiger partial charge in [0.25, 0.3) is 5.69 Å². The molecule has 0 bridgehead atoms. The average molecular weight is 317 g/mol. The molecule has 0 aromatic carbocycles. The molecule has 0 aliphatic heterocycles. The molecule has 0 aliphatic rings. The molecular weight excluding hydrogens is 310 g/mol. The fourth-order valence-corrected chi connectivity index (χ4v) is 1.65. The average Bonchev–Trinajstić information content (AvgIpc) is 1.85. The second-order valence-corrected chi connectivity index (χ2v) is 3.35. The van der Waals surface area contributed by atoms with Crippen LogP contribution >= 0.6 is 31.9 Å². The summed E-state index contributed by atoms with van der Waals surface area (Å²) in [5, 5.41) is 10.2. The van der Waals surface area contributed by atoms with Crippen LogP contribution in [0, 0.1) is 10.1 Å². The van der Waals surface area contributed by atoms with Crippen molar-refractivity contribution in [3.8, 4) is 0 Å². The van der Waals surface area contributed by atoms with E-state index >= 15 is 0 Å². The van der Waals surface area contributed by atoms with Gasteiger partial charge in [-0.25, -0.2) is 4.98 Å². The second-order valence-electron chi connectivity index (χ2n) is 1.73. The molecule has 1 heterocycles. The zero-order valence-corrected chi connectivity index (χ0v) is 9.50. The molecule has 5 N–H and O–H groups in total. The van der Waals surface area contributed by atoms with E-state index in [0.717, 1.165) is 0 Å². The number of nitrogens with zero attached hydrogens (tertiary/aromatic N) is 2. The van der Waals surface area contributed by atoms with E-state index in [1.54, 1.807) is 0 Å². The molecule has 13 heavy (non-hydrogen) atoms. The summed E-state index contributed by atoms with van der Waals surface area (Å²) >= 11 is 6.07. The molecule has 0 unspecified atom stereocenters. The number of halogens is 2. The minimum atomic E-state index is -0.475. The van der Waals surface area contributed by atoms with Gasteiger partial charge in [-0.1, -0.05) is 0 Å². The summed E-state index contributed by atoms with van der Waals surface area (Å²) in [4.78, 5) is 13.6. The van der Waals surface area contributed by atoms with Crippen molar-refractivity contribution in [3.63, 3.8) is 0 Å². The topological polar surface area (TPSA) is 123 Å². The Morgan fingerprint density at radius 3 is 2.00 bits per heavy atom. The Morgan fingerprint density at radius 2 is 1.69 bits per heavy atom. The first-order valence-corrected chi connectivity index (χ1v) is 4.15. The van der Waals surface area contributed by atoms with Crippen LogP contribution in [0.2, 0.25) is 0 Å². The van der Waals surface area contributed by atoms with Crippen molar-refractivity contribution in [3.05, 3.63) is 31.5 Å². The summed E-state index contributed by atoms with van der Waals surface area (Å²) in [6.45, 7) is 0. The van der Waals surface area contributed by atoms with Gasteiger partial charge < -0.3 is 11.6 Å². The summed E-state index contributed by atoms with van der Waals surface area (Å²) in [6, 6.07) is 2.68. The van der Waals surface area contributed by atoms with Crippen LogP contribution in [0.5, 0.6) is 0 Å². The molecule has 0 amide bonds. The van der Waals surface area contributed by atoms with E-state index in [-0.39, 0.29) is 17.3 Å². The first-order valence-electron chi connectivity index (χ1n) is 2.57. The lowest BCUT2D eigenvalue weighted by Gasteiger charge is -1.92. The van der Waals surface area contributed by atoms with E-state index in [4.69, 9.17) is 0 Å². The van der Waals surface area contributed by atoms with Gasteiger partial charge in [-0.3, -0.25) is 10.1 Å². The highest BCUT2D eigenvalue weighted by Crippen LogP contribution is 2.20. The quantitative estimate of drug-likeness (QED) is 0.482. The highest BCUT2D eigenvalue weighted by Gasteiger charge is 2.07. The van der Waals surface area contributed by atoms with Crippen molar-refractivity contribution in [2.45, 2.75) is 0 Å². The zero-order chi connectivity index (χ0) is 8.43. The van der Waals surface area contributed by atoms with E-state index in [9.17, 15) is 10.1 Å². The Hall–Kier alpha value is -0.570. The molecule has 74 valence electrons. The van der Waals surface area contributed by atoms with Crippen LogP contribution < -0.4 is 6.15 Å². The zero-order valence-electron chi connectivity index (χ0n) is 6.33. The van der Waals surface area contributed by atoms with Crippen LogP contribution in [0.1, 0.15) is 0 Å². The van der Waals surface area contributed by atoms with Crippen molar-refractivity contribution in [2.75, 3.05) is 0 Å². The SMILES string of the molecule is N.O.O=[N+]([O-])c1cc(Br)nc(Br)c1. The second kappa shape index (κ2) is 5.97. The van der Waals surface area contributed by atoms with Crippen LogP contribution in [0.4, 0.5) is 5.69 Å². The molecule has 1 aromatic heterocycles. The monoisotopic (exact) mass is 315 g/mol. The summed E-state index contributed by atoms with van der Waals surface area (Å²) in [7, 11) is 0. The molecule has 0 radical (unpaired) electrons. The normalized spacial score (nSPS) is 8.15. The van der Waals surface area contributed by atoms with Gasteiger partial charge in [0.2, 0.25) is 0 Å². The maximum absolute atomic E-state index is 10.2. The summed E-state index contributed by atoms with van der Waals surface area (Å²) in [5.74, 6) is 0. The lowest BCUT2D eigenvalue weighted by atomic mass is 10.4. The summed E-state index contributed by atoms with van der Waals surface area (Å²) in [5.41, 5.74) is 0.0127. The Balaban J connectivity index is 0. The van der Waals surface area contributed by atoms with Gasteiger partial charge in [-0.05, 0) is 31.9 Å².